The smallest absolute Gasteiger partial charge is 0.203 e. The van der Waals surface area contributed by atoms with Crippen LogP contribution in [0.15, 0.2) is 32.5 Å². The average molecular weight is 450 g/mol. The van der Waals surface area contributed by atoms with Crippen molar-refractivity contribution in [1.82, 2.24) is 15.0 Å². The largest absolute Gasteiger partial charge is 0.409 e. The fraction of sp³-hybridized carbons (Fsp3) is 0.308. The van der Waals surface area contributed by atoms with E-state index in [1.807, 2.05) is 0 Å². The van der Waals surface area contributed by atoms with Crippen molar-refractivity contribution >= 4 is 43.2 Å². The van der Waals surface area contributed by atoms with Crippen molar-refractivity contribution in [2.75, 3.05) is 30.0 Å². The third-order valence-electron chi connectivity index (χ3n) is 3.02. The number of halogens is 2. The Kier molecular flexibility index (Phi) is 6.88. The minimum absolute atomic E-state index is 0.0480. The molecule has 0 spiro atoms. The molecule has 0 saturated heterocycles. The lowest BCUT2D eigenvalue weighted by Crippen LogP contribution is -2.24. The average Bonchev–Trinajstić information content (AvgIpc) is 3.03. The van der Waals surface area contributed by atoms with Gasteiger partial charge in [-0.15, -0.1) is 0 Å². The predicted molar refractivity (Wildman–Crippen MR) is 98.2 cm³/mol. The fourth-order valence-electron chi connectivity index (χ4n) is 1.86. The van der Waals surface area contributed by atoms with Gasteiger partial charge in [-0.25, -0.2) is 22.7 Å². The van der Waals surface area contributed by atoms with Crippen LogP contribution in [0.5, 0.6) is 0 Å². The standard InChI is InChI=1S/C13H17BrFN7O3S/c1-26(16,24)18-6-2-5-17-12-11(21-25-22-12)13(20-23)19-8-3-4-10(15)9(14)7-8/h3-4,7,23H,2,5-6H2,1H3,(H,17,22)(H,19,20)(H2,16,18,24). The molecule has 0 aliphatic rings. The maximum atomic E-state index is 13.3. The second kappa shape index (κ2) is 8.91. The Morgan fingerprint density at radius 2 is 2.23 bits per heavy atom. The van der Waals surface area contributed by atoms with E-state index in [1.165, 1.54) is 24.5 Å². The molecule has 0 aliphatic heterocycles. The number of hydrogen-bond donors (Lipinski definition) is 5. The van der Waals surface area contributed by atoms with E-state index >= 15 is 0 Å². The van der Waals surface area contributed by atoms with Gasteiger partial charge in [-0.2, -0.15) is 0 Å². The van der Waals surface area contributed by atoms with Gasteiger partial charge >= 0.3 is 0 Å². The molecule has 1 heterocycles. The van der Waals surface area contributed by atoms with Crippen LogP contribution in [0.3, 0.4) is 0 Å². The van der Waals surface area contributed by atoms with Crippen molar-refractivity contribution in [2.24, 2.45) is 5.16 Å². The van der Waals surface area contributed by atoms with Crippen molar-refractivity contribution in [1.29, 1.82) is 4.78 Å². The van der Waals surface area contributed by atoms with E-state index in [1.54, 1.807) is 0 Å². The van der Waals surface area contributed by atoms with Crippen LogP contribution in [-0.4, -0.2) is 44.9 Å². The summed E-state index contributed by atoms with van der Waals surface area (Å²) in [5, 5.41) is 25.5. The lowest BCUT2D eigenvalue weighted by molar-refractivity contribution is 0.305. The quantitative estimate of drug-likeness (QED) is 0.136. The van der Waals surface area contributed by atoms with Crippen LogP contribution in [0.25, 0.3) is 0 Å². The molecular formula is C13H17BrFN7O3S. The summed E-state index contributed by atoms with van der Waals surface area (Å²) >= 11 is 3.07. The van der Waals surface area contributed by atoms with Gasteiger partial charge in [0.2, 0.25) is 11.7 Å². The van der Waals surface area contributed by atoms with E-state index in [2.05, 4.69) is 51.4 Å². The van der Waals surface area contributed by atoms with Gasteiger partial charge in [0.1, 0.15) is 15.7 Å². The summed E-state index contributed by atoms with van der Waals surface area (Å²) < 4.78 is 39.2. The summed E-state index contributed by atoms with van der Waals surface area (Å²) in [7, 11) is -2.74. The van der Waals surface area contributed by atoms with E-state index < -0.39 is 15.7 Å². The summed E-state index contributed by atoms with van der Waals surface area (Å²) in [5.41, 5.74) is 0.582. The van der Waals surface area contributed by atoms with E-state index in [9.17, 15) is 13.8 Å². The highest BCUT2D eigenvalue weighted by atomic mass is 79.9. The number of nitrogens with zero attached hydrogens (tertiary/aromatic N) is 3. The van der Waals surface area contributed by atoms with Gasteiger partial charge in [0.25, 0.3) is 0 Å². The molecule has 1 aromatic heterocycles. The maximum absolute atomic E-state index is 13.3. The van der Waals surface area contributed by atoms with Crippen LogP contribution in [0.4, 0.5) is 15.9 Å². The van der Waals surface area contributed by atoms with Crippen molar-refractivity contribution in [2.45, 2.75) is 6.42 Å². The molecule has 5 N–H and O–H groups in total. The van der Waals surface area contributed by atoms with Gasteiger partial charge in [0.05, 0.1) is 4.47 Å². The van der Waals surface area contributed by atoms with E-state index in [0.29, 0.717) is 25.2 Å². The molecule has 26 heavy (non-hydrogen) atoms. The zero-order chi connectivity index (χ0) is 19.2. The molecular weight excluding hydrogens is 433 g/mol. The molecule has 0 amide bonds. The Labute approximate surface area is 157 Å². The molecule has 0 saturated carbocycles. The first-order chi connectivity index (χ1) is 12.3. The van der Waals surface area contributed by atoms with Crippen LogP contribution in [0, 0.1) is 10.6 Å². The number of amidine groups is 1. The van der Waals surface area contributed by atoms with Gasteiger partial charge < -0.3 is 15.8 Å². The first-order valence-corrected chi connectivity index (χ1v) is 10.1. The van der Waals surface area contributed by atoms with Crippen LogP contribution in [0.2, 0.25) is 0 Å². The number of aromatic nitrogens is 2. The molecule has 1 atom stereocenters. The van der Waals surface area contributed by atoms with Gasteiger partial charge in [0.15, 0.2) is 5.69 Å². The van der Waals surface area contributed by atoms with Crippen molar-refractivity contribution in [3.8, 4) is 0 Å². The van der Waals surface area contributed by atoms with E-state index in [0.717, 1.165) is 0 Å². The molecule has 1 unspecified atom stereocenters. The highest BCUT2D eigenvalue weighted by Crippen LogP contribution is 2.21. The van der Waals surface area contributed by atoms with Crippen LogP contribution < -0.4 is 15.4 Å². The lowest BCUT2D eigenvalue weighted by Gasteiger charge is -2.09. The predicted octanol–water partition coefficient (Wildman–Crippen LogP) is 2.20. The number of nitrogens with one attached hydrogen (secondary N) is 4. The normalized spacial score (nSPS) is 14.0. The Balaban J connectivity index is 1.99. The lowest BCUT2D eigenvalue weighted by atomic mass is 10.3. The first-order valence-electron chi connectivity index (χ1n) is 7.29. The van der Waals surface area contributed by atoms with Crippen LogP contribution in [-0.2, 0) is 9.92 Å². The van der Waals surface area contributed by atoms with Gasteiger partial charge in [-0.05, 0) is 50.9 Å². The zero-order valence-corrected chi connectivity index (χ0v) is 16.0. The Morgan fingerprint density at radius 3 is 2.88 bits per heavy atom. The number of benzene rings is 1. The summed E-state index contributed by atoms with van der Waals surface area (Å²) in [5.74, 6) is -0.247. The summed E-state index contributed by atoms with van der Waals surface area (Å²) in [4.78, 5) is 0. The third-order valence-corrected chi connectivity index (χ3v) is 4.38. The Hall–Kier alpha value is -2.25. The monoisotopic (exact) mass is 449 g/mol. The van der Waals surface area contributed by atoms with Crippen molar-refractivity contribution < 1.29 is 18.4 Å². The minimum Gasteiger partial charge on any atom is -0.409 e. The molecule has 2 rings (SSSR count). The van der Waals surface area contributed by atoms with Gasteiger partial charge in [0, 0.05) is 25.0 Å². The number of oxime groups is 1. The molecule has 1 aromatic carbocycles. The SMILES string of the molecule is CS(=N)(=O)NCCCNc1nonc1/C(=N/O)Nc1ccc(F)c(Br)c1. The number of hydrogen-bond acceptors (Lipinski definition) is 8. The Bertz CT molecular complexity index is 888. The third kappa shape index (κ3) is 5.93. The minimum atomic E-state index is -2.74. The highest BCUT2D eigenvalue weighted by Gasteiger charge is 2.17. The van der Waals surface area contributed by atoms with Gasteiger partial charge in [-0.3, -0.25) is 0 Å². The Morgan fingerprint density at radius 1 is 1.46 bits per heavy atom. The molecule has 13 heteroatoms. The molecule has 2 aromatic rings. The van der Waals surface area contributed by atoms with Crippen molar-refractivity contribution in [3.05, 3.63) is 34.2 Å². The summed E-state index contributed by atoms with van der Waals surface area (Å²) in [6.45, 7) is 0.791. The van der Waals surface area contributed by atoms with Crippen molar-refractivity contribution in [3.63, 3.8) is 0 Å². The second-order valence-electron chi connectivity index (χ2n) is 5.18. The number of anilines is 2. The molecule has 0 fully saturated rings. The fourth-order valence-corrected chi connectivity index (χ4v) is 2.78. The first kappa shape index (κ1) is 20.1. The second-order valence-corrected chi connectivity index (χ2v) is 8.01. The number of rotatable bonds is 8. The molecule has 142 valence electrons. The summed E-state index contributed by atoms with van der Waals surface area (Å²) in [6.07, 6.45) is 1.85. The highest BCUT2D eigenvalue weighted by molar-refractivity contribution is 9.10. The van der Waals surface area contributed by atoms with Gasteiger partial charge in [-0.1, -0.05) is 5.16 Å². The molecule has 0 aliphatic carbocycles. The van der Waals surface area contributed by atoms with E-state index in [-0.39, 0.29) is 21.8 Å². The molecule has 0 radical (unpaired) electrons. The summed E-state index contributed by atoms with van der Waals surface area (Å²) in [6, 6.07) is 4.17. The zero-order valence-electron chi connectivity index (χ0n) is 13.6. The van der Waals surface area contributed by atoms with E-state index in [4.69, 9.17) is 4.78 Å². The molecule has 0 bridgehead atoms. The molecule has 10 nitrogen and oxygen atoms in total. The van der Waals surface area contributed by atoms with Crippen LogP contribution in [0.1, 0.15) is 12.1 Å². The van der Waals surface area contributed by atoms with Crippen LogP contribution >= 0.6 is 15.9 Å². The topological polar surface area (TPSA) is 149 Å². The maximum Gasteiger partial charge on any atom is 0.203 e.